The number of carbonyl (C=O) groups is 2. The molecule has 1 atom stereocenters. The van der Waals surface area contributed by atoms with Crippen molar-refractivity contribution in [3.8, 4) is 0 Å². The first kappa shape index (κ1) is 24.2. The van der Waals surface area contributed by atoms with Gasteiger partial charge in [0.25, 0.3) is 0 Å². The smallest absolute Gasteiger partial charge is 0.306 e. The number of imidazole rings is 1. The Bertz CT molecular complexity index is 556. The maximum atomic E-state index is 12.0. The summed E-state index contributed by atoms with van der Waals surface area (Å²) in [4.78, 5) is 27.5. The summed E-state index contributed by atoms with van der Waals surface area (Å²) in [6.07, 6.45) is 13.8. The van der Waals surface area contributed by atoms with Crippen molar-refractivity contribution in [1.29, 1.82) is 0 Å². The Labute approximate surface area is 170 Å². The number of carbonyl (C=O) groups excluding carboxylic acids is 2. The van der Waals surface area contributed by atoms with Crippen LogP contribution in [0.2, 0.25) is 0 Å². The number of esters is 2. The first-order valence-corrected chi connectivity index (χ1v) is 10.9. The Hall–Kier alpha value is -1.85. The summed E-state index contributed by atoms with van der Waals surface area (Å²) in [5.74, 6) is 0.791. The van der Waals surface area contributed by atoms with Crippen molar-refractivity contribution < 1.29 is 19.1 Å². The van der Waals surface area contributed by atoms with Crippen molar-refractivity contribution >= 4 is 11.9 Å². The first-order valence-electron chi connectivity index (χ1n) is 10.9. The molecule has 0 amide bonds. The van der Waals surface area contributed by atoms with Crippen LogP contribution in [0.1, 0.15) is 90.3 Å². The van der Waals surface area contributed by atoms with Gasteiger partial charge >= 0.3 is 11.9 Å². The molecular weight excluding hydrogens is 356 g/mol. The highest BCUT2D eigenvalue weighted by Gasteiger charge is 2.12. The van der Waals surface area contributed by atoms with Gasteiger partial charge in [-0.3, -0.25) is 9.59 Å². The Morgan fingerprint density at radius 2 is 1.68 bits per heavy atom. The van der Waals surface area contributed by atoms with Gasteiger partial charge in [-0.2, -0.15) is 0 Å². The fourth-order valence-corrected chi connectivity index (χ4v) is 3.21. The molecule has 0 aliphatic carbocycles. The molecule has 0 aliphatic rings. The molecule has 6 heteroatoms. The lowest BCUT2D eigenvalue weighted by Gasteiger charge is -2.16. The SMILES string of the molecule is CCOC(=O)CCCCCCCCC(CC)OC(=O)CCCn1ccnc1C. The molecule has 0 saturated carbocycles. The third kappa shape index (κ3) is 11.1. The molecule has 0 saturated heterocycles. The molecule has 6 nitrogen and oxygen atoms in total. The van der Waals surface area contributed by atoms with Gasteiger partial charge in [-0.15, -0.1) is 0 Å². The Morgan fingerprint density at radius 1 is 1.00 bits per heavy atom. The van der Waals surface area contributed by atoms with E-state index in [1.807, 2.05) is 20.0 Å². The zero-order chi connectivity index (χ0) is 20.6. The number of nitrogens with zero attached hydrogens (tertiary/aromatic N) is 2. The molecule has 0 spiro atoms. The normalized spacial score (nSPS) is 12.0. The van der Waals surface area contributed by atoms with Crippen molar-refractivity contribution in [2.24, 2.45) is 0 Å². The fraction of sp³-hybridized carbons (Fsp3) is 0.773. The van der Waals surface area contributed by atoms with Crippen molar-refractivity contribution in [2.45, 2.75) is 104 Å². The van der Waals surface area contributed by atoms with E-state index in [1.54, 1.807) is 6.20 Å². The van der Waals surface area contributed by atoms with Crippen LogP contribution >= 0.6 is 0 Å². The molecule has 1 heterocycles. The highest BCUT2D eigenvalue weighted by Crippen LogP contribution is 2.14. The Balaban J connectivity index is 2.02. The van der Waals surface area contributed by atoms with Crippen LogP contribution in [0, 0.1) is 6.92 Å². The van der Waals surface area contributed by atoms with Gasteiger partial charge < -0.3 is 14.0 Å². The monoisotopic (exact) mass is 394 g/mol. The van der Waals surface area contributed by atoms with Crippen LogP contribution in [-0.2, 0) is 25.6 Å². The van der Waals surface area contributed by atoms with E-state index in [4.69, 9.17) is 9.47 Å². The summed E-state index contributed by atoms with van der Waals surface area (Å²) in [7, 11) is 0. The zero-order valence-electron chi connectivity index (χ0n) is 18.0. The number of unbranched alkanes of at least 4 members (excludes halogenated alkanes) is 5. The summed E-state index contributed by atoms with van der Waals surface area (Å²) in [6, 6.07) is 0. The lowest BCUT2D eigenvalue weighted by atomic mass is 10.0. The van der Waals surface area contributed by atoms with E-state index in [1.165, 1.54) is 0 Å². The number of aryl methyl sites for hydroxylation is 2. The van der Waals surface area contributed by atoms with Gasteiger partial charge in [0, 0.05) is 31.8 Å². The lowest BCUT2D eigenvalue weighted by molar-refractivity contribution is -0.149. The van der Waals surface area contributed by atoms with Crippen molar-refractivity contribution in [2.75, 3.05) is 6.61 Å². The van der Waals surface area contributed by atoms with Crippen LogP contribution in [0.4, 0.5) is 0 Å². The standard InChI is InChI=1S/C22H38N2O4/c1-4-20(13-10-8-6-7-9-11-14-21(25)27-5-2)28-22(26)15-12-17-24-18-16-23-19(24)3/h16,18,20H,4-15,17H2,1-3H3. The molecule has 1 aromatic rings. The molecule has 1 rings (SSSR count). The number of rotatable bonds is 16. The first-order chi connectivity index (χ1) is 13.6. The summed E-state index contributed by atoms with van der Waals surface area (Å²) in [6.45, 7) is 7.13. The van der Waals surface area contributed by atoms with E-state index in [9.17, 15) is 9.59 Å². The second-order valence-corrected chi connectivity index (χ2v) is 7.26. The van der Waals surface area contributed by atoms with E-state index in [-0.39, 0.29) is 18.0 Å². The van der Waals surface area contributed by atoms with Gasteiger partial charge in [-0.1, -0.05) is 32.6 Å². The predicted molar refractivity (Wildman–Crippen MR) is 110 cm³/mol. The van der Waals surface area contributed by atoms with Crippen molar-refractivity contribution in [3.63, 3.8) is 0 Å². The van der Waals surface area contributed by atoms with Gasteiger partial charge in [0.05, 0.1) is 6.61 Å². The molecule has 0 aromatic carbocycles. The third-order valence-electron chi connectivity index (χ3n) is 4.92. The van der Waals surface area contributed by atoms with Crippen molar-refractivity contribution in [3.05, 3.63) is 18.2 Å². The average molecular weight is 395 g/mol. The van der Waals surface area contributed by atoms with Crippen LogP contribution in [0.15, 0.2) is 12.4 Å². The summed E-state index contributed by atoms with van der Waals surface area (Å²) >= 11 is 0. The molecule has 0 fully saturated rings. The highest BCUT2D eigenvalue weighted by molar-refractivity contribution is 5.69. The maximum absolute atomic E-state index is 12.0. The molecule has 160 valence electrons. The summed E-state index contributed by atoms with van der Waals surface area (Å²) in [5.41, 5.74) is 0. The fourth-order valence-electron chi connectivity index (χ4n) is 3.21. The van der Waals surface area contributed by atoms with Crippen LogP contribution in [-0.4, -0.2) is 34.2 Å². The minimum absolute atomic E-state index is 0.0336. The molecule has 1 unspecified atom stereocenters. The minimum atomic E-state index is -0.0939. The van der Waals surface area contributed by atoms with Crippen LogP contribution in [0.25, 0.3) is 0 Å². The van der Waals surface area contributed by atoms with Gasteiger partial charge in [-0.25, -0.2) is 4.98 Å². The van der Waals surface area contributed by atoms with E-state index < -0.39 is 0 Å². The Morgan fingerprint density at radius 3 is 2.32 bits per heavy atom. The van der Waals surface area contributed by atoms with Crippen molar-refractivity contribution in [1.82, 2.24) is 9.55 Å². The molecular formula is C22H38N2O4. The number of aromatic nitrogens is 2. The summed E-state index contributed by atoms with van der Waals surface area (Å²) in [5, 5.41) is 0. The quantitative estimate of drug-likeness (QED) is 0.292. The van der Waals surface area contributed by atoms with E-state index in [2.05, 4.69) is 16.5 Å². The molecule has 28 heavy (non-hydrogen) atoms. The second-order valence-electron chi connectivity index (χ2n) is 7.26. The number of ether oxygens (including phenoxy) is 2. The molecule has 1 aromatic heterocycles. The Kier molecular flexibility index (Phi) is 13.1. The second kappa shape index (κ2) is 15.1. The maximum Gasteiger partial charge on any atom is 0.306 e. The minimum Gasteiger partial charge on any atom is -0.466 e. The van der Waals surface area contributed by atoms with Crippen LogP contribution in [0.3, 0.4) is 0 Å². The zero-order valence-corrected chi connectivity index (χ0v) is 18.0. The van der Waals surface area contributed by atoms with Gasteiger partial charge in [0.2, 0.25) is 0 Å². The molecule has 0 N–H and O–H groups in total. The van der Waals surface area contributed by atoms with E-state index >= 15 is 0 Å². The molecule has 0 bridgehead atoms. The lowest BCUT2D eigenvalue weighted by Crippen LogP contribution is -2.17. The van der Waals surface area contributed by atoms with Crippen LogP contribution < -0.4 is 0 Å². The molecule has 0 radical (unpaired) electrons. The largest absolute Gasteiger partial charge is 0.466 e. The topological polar surface area (TPSA) is 70.4 Å². The van der Waals surface area contributed by atoms with E-state index in [0.29, 0.717) is 19.4 Å². The van der Waals surface area contributed by atoms with Crippen LogP contribution in [0.5, 0.6) is 0 Å². The third-order valence-corrected chi connectivity index (χ3v) is 4.92. The highest BCUT2D eigenvalue weighted by atomic mass is 16.5. The average Bonchev–Trinajstić information content (AvgIpc) is 3.08. The predicted octanol–water partition coefficient (Wildman–Crippen LogP) is 4.98. The van der Waals surface area contributed by atoms with Gasteiger partial charge in [0.15, 0.2) is 0 Å². The molecule has 0 aliphatic heterocycles. The number of hydrogen-bond acceptors (Lipinski definition) is 5. The van der Waals surface area contributed by atoms with Gasteiger partial charge in [-0.05, 0) is 46.0 Å². The summed E-state index contributed by atoms with van der Waals surface area (Å²) < 4.78 is 12.6. The van der Waals surface area contributed by atoms with E-state index in [0.717, 1.165) is 70.2 Å². The number of hydrogen-bond donors (Lipinski definition) is 0. The van der Waals surface area contributed by atoms with Gasteiger partial charge in [0.1, 0.15) is 11.9 Å².